The van der Waals surface area contributed by atoms with E-state index in [9.17, 15) is 14.7 Å². The van der Waals surface area contributed by atoms with Gasteiger partial charge in [0.2, 0.25) is 11.8 Å². The Bertz CT molecular complexity index is 829. The van der Waals surface area contributed by atoms with E-state index >= 15 is 0 Å². The lowest BCUT2D eigenvalue weighted by Crippen LogP contribution is -2.57. The van der Waals surface area contributed by atoms with Gasteiger partial charge in [-0.2, -0.15) is 0 Å². The molecule has 2 aromatic carbocycles. The molecule has 1 heterocycles. The van der Waals surface area contributed by atoms with Crippen LogP contribution in [0.15, 0.2) is 42.5 Å². The minimum absolute atomic E-state index is 0.0695. The van der Waals surface area contributed by atoms with Gasteiger partial charge >= 0.3 is 0 Å². The van der Waals surface area contributed by atoms with Gasteiger partial charge in [-0.25, -0.2) is 0 Å². The average Bonchev–Trinajstić information content (AvgIpc) is 2.64. The number of carbonyl (C=O) groups excluding carboxylic acids is 2. The predicted molar refractivity (Wildman–Crippen MR) is 105 cm³/mol. The van der Waals surface area contributed by atoms with Crippen molar-refractivity contribution in [3.8, 4) is 0 Å². The molecule has 0 aliphatic carbocycles. The number of piperazine rings is 1. The van der Waals surface area contributed by atoms with Crippen LogP contribution in [0, 0.1) is 0 Å². The van der Waals surface area contributed by atoms with Crippen LogP contribution in [-0.2, 0) is 16.1 Å². The van der Waals surface area contributed by atoms with Crippen molar-refractivity contribution in [2.24, 2.45) is 0 Å². The van der Waals surface area contributed by atoms with Gasteiger partial charge in [-0.1, -0.05) is 42.5 Å². The number of aliphatic hydroxyl groups excluding tert-OH is 1. The Hall–Kier alpha value is -2.44. The quantitative estimate of drug-likeness (QED) is 0.719. The van der Waals surface area contributed by atoms with Crippen LogP contribution in [-0.4, -0.2) is 53.1 Å². The predicted octanol–water partition coefficient (Wildman–Crippen LogP) is 1.42. The molecule has 1 atom stereocenters. The van der Waals surface area contributed by atoms with E-state index in [4.69, 9.17) is 0 Å². The number of benzene rings is 2. The first kappa shape index (κ1) is 19.3. The summed E-state index contributed by atoms with van der Waals surface area (Å²) >= 11 is 0. The molecular weight excluding hydrogens is 342 g/mol. The third-order valence-corrected chi connectivity index (χ3v) is 4.95. The molecule has 3 rings (SSSR count). The van der Waals surface area contributed by atoms with E-state index < -0.39 is 11.6 Å². The summed E-state index contributed by atoms with van der Waals surface area (Å²) in [6.45, 7) is 5.21. The maximum absolute atomic E-state index is 12.4. The van der Waals surface area contributed by atoms with E-state index in [1.807, 2.05) is 18.2 Å². The smallest absolute Gasteiger partial charge is 0.237 e. The van der Waals surface area contributed by atoms with Gasteiger partial charge in [0.05, 0.1) is 24.6 Å². The number of aliphatic hydroxyl groups is 1. The minimum atomic E-state index is -0.706. The van der Waals surface area contributed by atoms with E-state index in [1.54, 1.807) is 13.8 Å². The molecular formula is C21H27N3O3. The normalized spacial score (nSPS) is 18.3. The highest BCUT2D eigenvalue weighted by atomic mass is 16.3. The Morgan fingerprint density at radius 1 is 1.26 bits per heavy atom. The largest absolute Gasteiger partial charge is 0.394 e. The summed E-state index contributed by atoms with van der Waals surface area (Å²) in [5.74, 6) is -0.363. The first-order valence-electron chi connectivity index (χ1n) is 9.30. The number of hydrogen-bond acceptors (Lipinski definition) is 4. The standard InChI is InChI=1S/C21H27N3O3/c1-21(2,14-25)23-19(26)12-18-20(27)22-10-11-24(18)13-16-8-5-7-15-6-3-4-9-17(15)16/h3-9,18,25H,10-14H2,1-2H3,(H,22,27)(H,23,26)/t18-/m0/s1. The van der Waals surface area contributed by atoms with E-state index in [-0.39, 0.29) is 24.8 Å². The van der Waals surface area contributed by atoms with Crippen molar-refractivity contribution in [2.75, 3.05) is 19.7 Å². The number of hydrogen-bond donors (Lipinski definition) is 3. The summed E-state index contributed by atoms with van der Waals surface area (Å²) in [7, 11) is 0. The Morgan fingerprint density at radius 3 is 2.78 bits per heavy atom. The molecule has 0 aromatic heterocycles. The molecule has 27 heavy (non-hydrogen) atoms. The molecule has 0 saturated carbocycles. The van der Waals surface area contributed by atoms with E-state index in [1.165, 1.54) is 0 Å². The molecule has 1 aliphatic heterocycles. The second-order valence-electron chi connectivity index (χ2n) is 7.71. The van der Waals surface area contributed by atoms with Crippen molar-refractivity contribution in [1.29, 1.82) is 0 Å². The fraction of sp³-hybridized carbons (Fsp3) is 0.429. The Kier molecular flexibility index (Phi) is 5.77. The Balaban J connectivity index is 1.78. The topological polar surface area (TPSA) is 81.7 Å². The third kappa shape index (κ3) is 4.64. The summed E-state index contributed by atoms with van der Waals surface area (Å²) in [6.07, 6.45) is 0.0695. The van der Waals surface area contributed by atoms with Crippen LogP contribution in [0.3, 0.4) is 0 Å². The molecule has 0 unspecified atom stereocenters. The highest BCUT2D eigenvalue weighted by molar-refractivity contribution is 5.89. The molecule has 1 aliphatic rings. The Morgan fingerprint density at radius 2 is 2.00 bits per heavy atom. The van der Waals surface area contributed by atoms with E-state index in [0.29, 0.717) is 19.6 Å². The Labute approximate surface area is 159 Å². The number of nitrogens with zero attached hydrogens (tertiary/aromatic N) is 1. The van der Waals surface area contributed by atoms with Crippen LogP contribution in [0.5, 0.6) is 0 Å². The highest BCUT2D eigenvalue weighted by Crippen LogP contribution is 2.22. The number of rotatable bonds is 6. The van der Waals surface area contributed by atoms with Crippen molar-refractivity contribution >= 4 is 22.6 Å². The van der Waals surface area contributed by atoms with Gasteiger partial charge in [-0.05, 0) is 30.2 Å². The monoisotopic (exact) mass is 369 g/mol. The molecule has 6 heteroatoms. The zero-order valence-electron chi connectivity index (χ0n) is 15.9. The van der Waals surface area contributed by atoms with Gasteiger partial charge in [0.1, 0.15) is 0 Å². The molecule has 6 nitrogen and oxygen atoms in total. The second-order valence-corrected chi connectivity index (χ2v) is 7.71. The number of nitrogens with one attached hydrogen (secondary N) is 2. The van der Waals surface area contributed by atoms with Crippen molar-refractivity contribution in [1.82, 2.24) is 15.5 Å². The highest BCUT2D eigenvalue weighted by Gasteiger charge is 2.33. The maximum atomic E-state index is 12.4. The van der Waals surface area contributed by atoms with Crippen LogP contribution in [0.1, 0.15) is 25.8 Å². The molecule has 144 valence electrons. The van der Waals surface area contributed by atoms with Crippen molar-refractivity contribution in [3.05, 3.63) is 48.0 Å². The van der Waals surface area contributed by atoms with Crippen LogP contribution in [0.25, 0.3) is 10.8 Å². The number of carbonyl (C=O) groups is 2. The lowest BCUT2D eigenvalue weighted by Gasteiger charge is -2.35. The number of fused-ring (bicyclic) bond motifs is 1. The lowest BCUT2D eigenvalue weighted by atomic mass is 10.0. The number of amides is 2. The van der Waals surface area contributed by atoms with Gasteiger partial charge in [0, 0.05) is 19.6 Å². The molecule has 1 saturated heterocycles. The van der Waals surface area contributed by atoms with Crippen molar-refractivity contribution in [2.45, 2.75) is 38.4 Å². The summed E-state index contributed by atoms with van der Waals surface area (Å²) in [4.78, 5) is 26.9. The van der Waals surface area contributed by atoms with Crippen molar-refractivity contribution < 1.29 is 14.7 Å². The first-order valence-corrected chi connectivity index (χ1v) is 9.30. The van der Waals surface area contributed by atoms with Gasteiger partial charge in [-0.15, -0.1) is 0 Å². The average molecular weight is 369 g/mol. The fourth-order valence-electron chi connectivity index (χ4n) is 3.47. The van der Waals surface area contributed by atoms with Gasteiger partial charge in [0.15, 0.2) is 0 Å². The molecule has 0 bridgehead atoms. The maximum Gasteiger partial charge on any atom is 0.237 e. The summed E-state index contributed by atoms with van der Waals surface area (Å²) in [5, 5.41) is 17.3. The van der Waals surface area contributed by atoms with Gasteiger partial charge in [0.25, 0.3) is 0 Å². The van der Waals surface area contributed by atoms with Gasteiger partial charge in [-0.3, -0.25) is 14.5 Å². The molecule has 2 amide bonds. The molecule has 1 fully saturated rings. The lowest BCUT2D eigenvalue weighted by molar-refractivity contribution is -0.135. The van der Waals surface area contributed by atoms with Crippen LogP contribution in [0.4, 0.5) is 0 Å². The van der Waals surface area contributed by atoms with Crippen LogP contribution < -0.4 is 10.6 Å². The molecule has 2 aromatic rings. The second kappa shape index (κ2) is 8.06. The summed E-state index contributed by atoms with van der Waals surface area (Å²) < 4.78 is 0. The van der Waals surface area contributed by atoms with Crippen LogP contribution in [0.2, 0.25) is 0 Å². The van der Waals surface area contributed by atoms with E-state index in [2.05, 4.69) is 39.8 Å². The zero-order chi connectivity index (χ0) is 19.4. The molecule has 3 N–H and O–H groups in total. The molecule has 0 radical (unpaired) electrons. The third-order valence-electron chi connectivity index (χ3n) is 4.95. The fourth-order valence-corrected chi connectivity index (χ4v) is 3.47. The summed E-state index contributed by atoms with van der Waals surface area (Å²) in [5.41, 5.74) is 0.437. The summed E-state index contributed by atoms with van der Waals surface area (Å²) in [6, 6.07) is 13.8. The van der Waals surface area contributed by atoms with Gasteiger partial charge < -0.3 is 15.7 Å². The molecule has 0 spiro atoms. The first-order chi connectivity index (χ1) is 12.9. The van der Waals surface area contributed by atoms with E-state index in [0.717, 1.165) is 16.3 Å². The van der Waals surface area contributed by atoms with Crippen molar-refractivity contribution in [3.63, 3.8) is 0 Å². The zero-order valence-corrected chi connectivity index (χ0v) is 15.9. The SMILES string of the molecule is CC(C)(CO)NC(=O)C[C@H]1C(=O)NCCN1Cc1cccc2ccccc12. The van der Waals surface area contributed by atoms with Crippen LogP contribution >= 0.6 is 0 Å². The minimum Gasteiger partial charge on any atom is -0.394 e.